The van der Waals surface area contributed by atoms with Gasteiger partial charge in [0.1, 0.15) is 28.9 Å². The zero-order valence-electron chi connectivity index (χ0n) is 20.4. The summed E-state index contributed by atoms with van der Waals surface area (Å²) in [4.78, 5) is 37.0. The molecule has 0 bridgehead atoms. The molecule has 3 rings (SSSR count). The summed E-state index contributed by atoms with van der Waals surface area (Å²) in [6.07, 6.45) is -3.00. The molecule has 1 aliphatic rings. The van der Waals surface area contributed by atoms with Crippen molar-refractivity contribution in [1.82, 2.24) is 14.6 Å². The molecule has 1 aliphatic heterocycles. The average molecular weight is 625 g/mol. The zero-order valence-corrected chi connectivity index (χ0v) is 23.7. The van der Waals surface area contributed by atoms with Gasteiger partial charge in [-0.25, -0.2) is 9.36 Å². The Morgan fingerprint density at radius 2 is 1.97 bits per heavy atom. The quantitative estimate of drug-likeness (QED) is 0.204. The molecule has 0 unspecified atom stereocenters. The Morgan fingerprint density at radius 3 is 2.59 bits per heavy atom. The van der Waals surface area contributed by atoms with Crippen LogP contribution in [0.5, 0.6) is 5.75 Å². The lowest BCUT2D eigenvalue weighted by Crippen LogP contribution is -2.43. The molecule has 0 spiro atoms. The van der Waals surface area contributed by atoms with Gasteiger partial charge in [0.15, 0.2) is 6.23 Å². The standard InChI is InChI=1S/C22H28BrClN3O9P/c1-12(2)34-19(30)13(3)26-37(32,36-14-8-6-5-7-9-14)33-11-16-17(28)22(4,24)20(35-16)27-10-15(23)18(29)25-21(27)31/h5-10,12-13,16-17,20,28H,11H2,1-4H3,(H,26,32)(H,25,29,31)/t13-,16-,17-,20-,22-,37+/m1/s1. The third-order valence-electron chi connectivity index (χ3n) is 5.33. The van der Waals surface area contributed by atoms with E-state index in [0.717, 1.165) is 4.57 Å². The molecule has 0 saturated carbocycles. The lowest BCUT2D eigenvalue weighted by atomic mass is 10.0. The van der Waals surface area contributed by atoms with E-state index in [1.807, 2.05) is 0 Å². The van der Waals surface area contributed by atoms with Crippen LogP contribution in [0.2, 0.25) is 0 Å². The molecule has 204 valence electrons. The first-order valence-electron chi connectivity index (χ1n) is 11.2. The second-order valence-corrected chi connectivity index (χ2v) is 12.2. The average Bonchev–Trinajstić information content (AvgIpc) is 3.03. The highest BCUT2D eigenvalue weighted by Gasteiger charge is 2.54. The molecule has 37 heavy (non-hydrogen) atoms. The maximum absolute atomic E-state index is 13.7. The summed E-state index contributed by atoms with van der Waals surface area (Å²) in [6, 6.07) is 7.06. The van der Waals surface area contributed by atoms with Crippen LogP contribution in [0.3, 0.4) is 0 Å². The van der Waals surface area contributed by atoms with Crippen molar-refractivity contribution in [3.05, 3.63) is 61.8 Å². The largest absolute Gasteiger partial charge is 0.462 e. The number of aromatic nitrogens is 2. The number of esters is 1. The fourth-order valence-corrected chi connectivity index (χ4v) is 5.61. The summed E-state index contributed by atoms with van der Waals surface area (Å²) >= 11 is 9.60. The number of para-hydroxylation sites is 1. The Kier molecular flexibility index (Phi) is 9.44. The summed E-state index contributed by atoms with van der Waals surface area (Å²) in [5.74, 6) is -0.482. The van der Waals surface area contributed by atoms with E-state index in [0.29, 0.717) is 0 Å². The van der Waals surface area contributed by atoms with Crippen LogP contribution in [0, 0.1) is 0 Å². The maximum Gasteiger partial charge on any atom is 0.459 e. The molecule has 2 aromatic rings. The number of H-pyrrole nitrogens is 1. The van der Waals surface area contributed by atoms with Gasteiger partial charge in [-0.15, -0.1) is 11.6 Å². The van der Waals surface area contributed by atoms with Crippen LogP contribution < -0.4 is 20.9 Å². The minimum Gasteiger partial charge on any atom is -0.462 e. The highest BCUT2D eigenvalue weighted by Crippen LogP contribution is 2.48. The highest BCUT2D eigenvalue weighted by molar-refractivity contribution is 9.10. The van der Waals surface area contributed by atoms with Crippen LogP contribution in [0.15, 0.2) is 50.6 Å². The number of halogens is 2. The molecule has 0 amide bonds. The molecule has 6 atom stereocenters. The number of aliphatic hydroxyl groups excluding tert-OH is 1. The van der Waals surface area contributed by atoms with E-state index in [4.69, 9.17) is 30.1 Å². The fraction of sp³-hybridized carbons (Fsp3) is 0.500. The first-order valence-corrected chi connectivity index (χ1v) is 14.0. The number of hydrogen-bond donors (Lipinski definition) is 3. The molecule has 1 fully saturated rings. The lowest BCUT2D eigenvalue weighted by Gasteiger charge is -2.26. The van der Waals surface area contributed by atoms with E-state index < -0.39 is 67.0 Å². The first kappa shape index (κ1) is 29.6. The van der Waals surface area contributed by atoms with Crippen molar-refractivity contribution < 1.29 is 33.0 Å². The third kappa shape index (κ3) is 7.11. The molecule has 1 aromatic carbocycles. The number of carbonyl (C=O) groups is 1. The van der Waals surface area contributed by atoms with E-state index in [2.05, 4.69) is 26.0 Å². The van der Waals surface area contributed by atoms with Gasteiger partial charge in [-0.3, -0.25) is 23.7 Å². The second-order valence-electron chi connectivity index (χ2n) is 8.80. The number of carbonyl (C=O) groups excluding carboxylic acids is 1. The van der Waals surface area contributed by atoms with Gasteiger partial charge in [0.05, 0.1) is 17.2 Å². The predicted molar refractivity (Wildman–Crippen MR) is 138 cm³/mol. The molecule has 1 saturated heterocycles. The number of ether oxygens (including phenoxy) is 2. The van der Waals surface area contributed by atoms with Gasteiger partial charge in [-0.2, -0.15) is 5.09 Å². The van der Waals surface area contributed by atoms with Crippen molar-refractivity contribution >= 4 is 41.2 Å². The Balaban J connectivity index is 1.82. The highest BCUT2D eigenvalue weighted by atomic mass is 79.9. The SMILES string of the molecule is CC(C)OC(=O)[C@@H](C)N[P@](=O)(OC[C@H]1O[C@@H](n2cc(Br)c(=O)[nH]c2=O)[C@](C)(Cl)[C@@H]1O)Oc1ccccc1. The van der Waals surface area contributed by atoms with Crippen LogP contribution in [0.4, 0.5) is 0 Å². The Labute approximate surface area is 225 Å². The summed E-state index contributed by atoms with van der Waals surface area (Å²) in [6.45, 7) is 5.72. The number of aromatic amines is 1. The maximum atomic E-state index is 13.7. The molecule has 3 N–H and O–H groups in total. The van der Waals surface area contributed by atoms with Crippen molar-refractivity contribution in [3.63, 3.8) is 0 Å². The number of nitrogens with one attached hydrogen (secondary N) is 2. The first-order chi connectivity index (χ1) is 17.2. The number of nitrogens with zero attached hydrogens (tertiary/aromatic N) is 1. The molecule has 0 radical (unpaired) electrons. The van der Waals surface area contributed by atoms with Gasteiger partial charge in [-0.1, -0.05) is 18.2 Å². The fourth-order valence-electron chi connectivity index (χ4n) is 3.49. The predicted octanol–water partition coefficient (Wildman–Crippen LogP) is 2.69. The van der Waals surface area contributed by atoms with E-state index in [-0.39, 0.29) is 10.2 Å². The number of hydrogen-bond acceptors (Lipinski definition) is 9. The van der Waals surface area contributed by atoms with E-state index in [1.54, 1.807) is 44.2 Å². The monoisotopic (exact) mass is 623 g/mol. The smallest absolute Gasteiger partial charge is 0.459 e. The second kappa shape index (κ2) is 11.8. The summed E-state index contributed by atoms with van der Waals surface area (Å²) < 4.78 is 36.8. The number of alkyl halides is 1. The molecular formula is C22H28BrClN3O9P. The lowest BCUT2D eigenvalue weighted by molar-refractivity contribution is -0.149. The molecule has 2 heterocycles. The molecule has 12 nitrogen and oxygen atoms in total. The van der Waals surface area contributed by atoms with Crippen molar-refractivity contribution in [2.24, 2.45) is 0 Å². The van der Waals surface area contributed by atoms with Crippen LogP contribution in [0.1, 0.15) is 33.9 Å². The molecule has 15 heteroatoms. The van der Waals surface area contributed by atoms with Crippen LogP contribution in [0.25, 0.3) is 0 Å². The summed E-state index contributed by atoms with van der Waals surface area (Å²) in [7, 11) is -4.24. The van der Waals surface area contributed by atoms with Gasteiger partial charge < -0.3 is 19.1 Å². The van der Waals surface area contributed by atoms with Crippen LogP contribution in [-0.4, -0.2) is 56.5 Å². The van der Waals surface area contributed by atoms with Gasteiger partial charge >= 0.3 is 19.4 Å². The number of rotatable bonds is 10. The van der Waals surface area contributed by atoms with Crippen molar-refractivity contribution in [3.8, 4) is 5.75 Å². The third-order valence-corrected chi connectivity index (χ3v) is 7.95. The van der Waals surface area contributed by atoms with Crippen molar-refractivity contribution in [2.45, 2.75) is 63.2 Å². The summed E-state index contributed by atoms with van der Waals surface area (Å²) in [5, 5.41) is 13.4. The van der Waals surface area contributed by atoms with Crippen LogP contribution in [-0.2, 0) is 23.4 Å². The van der Waals surface area contributed by atoms with Gasteiger partial charge in [-0.05, 0) is 55.8 Å². The van der Waals surface area contributed by atoms with E-state index in [1.165, 1.54) is 20.0 Å². The minimum atomic E-state index is -4.24. The molecule has 0 aliphatic carbocycles. The van der Waals surface area contributed by atoms with Gasteiger partial charge in [0, 0.05) is 6.20 Å². The van der Waals surface area contributed by atoms with Crippen LogP contribution >= 0.6 is 35.3 Å². The summed E-state index contributed by atoms with van der Waals surface area (Å²) in [5.41, 5.74) is -1.46. The molecular weight excluding hydrogens is 597 g/mol. The Hall–Kier alpha value is -1.99. The van der Waals surface area contributed by atoms with E-state index in [9.17, 15) is 24.1 Å². The van der Waals surface area contributed by atoms with Crippen molar-refractivity contribution in [2.75, 3.05) is 6.61 Å². The normalized spacial score (nSPS) is 26.0. The molecule has 1 aromatic heterocycles. The van der Waals surface area contributed by atoms with Gasteiger partial charge in [0.25, 0.3) is 5.56 Å². The topological polar surface area (TPSA) is 158 Å². The number of benzene rings is 1. The Bertz CT molecular complexity index is 1270. The Morgan fingerprint density at radius 1 is 1.32 bits per heavy atom. The zero-order chi connectivity index (χ0) is 27.5. The van der Waals surface area contributed by atoms with E-state index >= 15 is 0 Å². The van der Waals surface area contributed by atoms with Gasteiger partial charge in [0.2, 0.25) is 0 Å². The van der Waals surface area contributed by atoms with Crippen molar-refractivity contribution in [1.29, 1.82) is 0 Å². The number of aliphatic hydroxyl groups is 1. The minimum absolute atomic E-state index is 0.0459.